The second-order valence-electron chi connectivity index (χ2n) is 3.62. The zero-order chi connectivity index (χ0) is 10.6. The molecule has 0 spiro atoms. The first-order chi connectivity index (χ1) is 6.53. The van der Waals surface area contributed by atoms with Crippen LogP contribution in [0.4, 0.5) is 0 Å². The van der Waals surface area contributed by atoms with E-state index in [0.717, 1.165) is 32.4 Å². The molecule has 0 aromatic rings. The Morgan fingerprint density at radius 3 is 2.86 bits per heavy atom. The molecule has 1 rings (SSSR count). The van der Waals surface area contributed by atoms with Gasteiger partial charge < -0.3 is 9.79 Å². The van der Waals surface area contributed by atoms with Crippen molar-refractivity contribution >= 4 is 7.82 Å². The minimum absolute atomic E-state index is 0.143. The average molecular weight is 223 g/mol. The predicted molar refractivity (Wildman–Crippen MR) is 52.9 cm³/mol. The molecule has 0 unspecified atom stereocenters. The van der Waals surface area contributed by atoms with Gasteiger partial charge in [0.05, 0.1) is 6.61 Å². The van der Waals surface area contributed by atoms with Gasteiger partial charge in [-0.05, 0) is 32.4 Å². The van der Waals surface area contributed by atoms with E-state index in [1.165, 1.54) is 0 Å². The molecule has 1 fully saturated rings. The molecule has 14 heavy (non-hydrogen) atoms. The lowest BCUT2D eigenvalue weighted by Gasteiger charge is -2.23. The van der Waals surface area contributed by atoms with E-state index in [1.807, 2.05) is 0 Å². The van der Waals surface area contributed by atoms with Crippen molar-refractivity contribution in [1.29, 1.82) is 0 Å². The summed E-state index contributed by atoms with van der Waals surface area (Å²) < 4.78 is 15.0. The van der Waals surface area contributed by atoms with Crippen LogP contribution in [0.5, 0.6) is 0 Å². The highest BCUT2D eigenvalue weighted by atomic mass is 31.2. The van der Waals surface area contributed by atoms with Crippen LogP contribution in [0, 0.1) is 0 Å². The highest BCUT2D eigenvalue weighted by molar-refractivity contribution is 7.46. The number of phosphoric ester groups is 1. The Balaban J connectivity index is 2.32. The van der Waals surface area contributed by atoms with Crippen LogP contribution in [0.3, 0.4) is 0 Å². The molecule has 84 valence electrons. The maximum Gasteiger partial charge on any atom is 0.469 e. The van der Waals surface area contributed by atoms with Crippen LogP contribution in [-0.2, 0) is 9.09 Å². The SMILES string of the molecule is CCCN1CCC[C@H]1COP(=O)(O)O. The minimum atomic E-state index is -4.29. The molecule has 1 atom stereocenters. The Kier molecular flexibility index (Phi) is 4.54. The molecule has 1 aliphatic rings. The van der Waals surface area contributed by atoms with Gasteiger partial charge >= 0.3 is 7.82 Å². The van der Waals surface area contributed by atoms with Gasteiger partial charge in [0.25, 0.3) is 0 Å². The fraction of sp³-hybridized carbons (Fsp3) is 1.00. The molecule has 0 aliphatic carbocycles. The van der Waals surface area contributed by atoms with Crippen molar-refractivity contribution in [3.05, 3.63) is 0 Å². The van der Waals surface area contributed by atoms with E-state index in [4.69, 9.17) is 9.79 Å². The average Bonchev–Trinajstić information content (AvgIpc) is 2.48. The Labute approximate surface area is 84.3 Å². The van der Waals surface area contributed by atoms with Crippen LogP contribution >= 0.6 is 7.82 Å². The molecular weight excluding hydrogens is 205 g/mol. The highest BCUT2D eigenvalue weighted by Gasteiger charge is 2.26. The molecule has 0 bridgehead atoms. The van der Waals surface area contributed by atoms with E-state index in [0.29, 0.717) is 0 Å². The number of nitrogens with zero attached hydrogens (tertiary/aromatic N) is 1. The fourth-order valence-electron chi connectivity index (χ4n) is 1.85. The van der Waals surface area contributed by atoms with Crippen LogP contribution in [0.15, 0.2) is 0 Å². The van der Waals surface area contributed by atoms with Crippen molar-refractivity contribution < 1.29 is 18.9 Å². The van der Waals surface area contributed by atoms with Gasteiger partial charge in [0.2, 0.25) is 0 Å². The minimum Gasteiger partial charge on any atom is -0.303 e. The topological polar surface area (TPSA) is 70.0 Å². The van der Waals surface area contributed by atoms with Crippen LogP contribution in [0.25, 0.3) is 0 Å². The summed E-state index contributed by atoms with van der Waals surface area (Å²) in [6.07, 6.45) is 3.13. The van der Waals surface area contributed by atoms with Gasteiger partial charge in [-0.25, -0.2) is 4.57 Å². The zero-order valence-electron chi connectivity index (χ0n) is 8.43. The Hall–Kier alpha value is 0.0700. The third-order valence-electron chi connectivity index (χ3n) is 2.44. The first-order valence-electron chi connectivity index (χ1n) is 4.97. The van der Waals surface area contributed by atoms with E-state index in [-0.39, 0.29) is 12.6 Å². The van der Waals surface area contributed by atoms with Gasteiger partial charge in [-0.3, -0.25) is 9.42 Å². The van der Waals surface area contributed by atoms with Crippen molar-refractivity contribution in [3.63, 3.8) is 0 Å². The lowest BCUT2D eigenvalue weighted by molar-refractivity contribution is 0.134. The molecule has 5 nitrogen and oxygen atoms in total. The molecule has 0 amide bonds. The summed E-state index contributed by atoms with van der Waals surface area (Å²) in [4.78, 5) is 19.4. The van der Waals surface area contributed by atoms with Gasteiger partial charge in [-0.15, -0.1) is 0 Å². The van der Waals surface area contributed by atoms with Gasteiger partial charge in [-0.1, -0.05) is 6.92 Å². The smallest absolute Gasteiger partial charge is 0.303 e. The Morgan fingerprint density at radius 1 is 1.57 bits per heavy atom. The number of phosphoric acid groups is 1. The van der Waals surface area contributed by atoms with E-state index >= 15 is 0 Å². The monoisotopic (exact) mass is 223 g/mol. The summed E-state index contributed by atoms with van der Waals surface area (Å²) in [6.45, 7) is 4.24. The molecule has 6 heteroatoms. The standard InChI is InChI=1S/C8H18NO4P/c1-2-5-9-6-3-4-8(9)7-13-14(10,11)12/h8H,2-7H2,1H3,(H2,10,11,12)/t8-/m0/s1. The number of hydrogen-bond acceptors (Lipinski definition) is 3. The summed E-state index contributed by atoms with van der Waals surface area (Å²) in [5, 5.41) is 0. The molecule has 0 aromatic heterocycles. The quantitative estimate of drug-likeness (QED) is 0.679. The molecule has 1 aliphatic heterocycles. The third kappa shape index (κ3) is 4.07. The summed E-state index contributed by atoms with van der Waals surface area (Å²) in [7, 11) is -4.29. The molecule has 1 saturated heterocycles. The number of likely N-dealkylation sites (tertiary alicyclic amines) is 1. The second-order valence-corrected chi connectivity index (χ2v) is 4.86. The molecular formula is C8H18NO4P. The number of hydrogen-bond donors (Lipinski definition) is 2. The molecule has 2 N–H and O–H groups in total. The second kappa shape index (κ2) is 5.24. The van der Waals surface area contributed by atoms with Gasteiger partial charge in [0.1, 0.15) is 0 Å². The first-order valence-corrected chi connectivity index (χ1v) is 6.50. The van der Waals surface area contributed by atoms with Gasteiger partial charge in [0.15, 0.2) is 0 Å². The van der Waals surface area contributed by atoms with Crippen molar-refractivity contribution in [2.75, 3.05) is 19.7 Å². The molecule has 0 aromatic carbocycles. The third-order valence-corrected chi connectivity index (χ3v) is 2.93. The fourth-order valence-corrected chi connectivity index (χ4v) is 2.21. The van der Waals surface area contributed by atoms with Crippen LogP contribution in [0.1, 0.15) is 26.2 Å². The number of rotatable bonds is 5. The van der Waals surface area contributed by atoms with Gasteiger partial charge in [-0.2, -0.15) is 0 Å². The highest BCUT2D eigenvalue weighted by Crippen LogP contribution is 2.36. The van der Waals surface area contributed by atoms with Crippen molar-refractivity contribution in [3.8, 4) is 0 Å². The van der Waals surface area contributed by atoms with Crippen molar-refractivity contribution in [1.82, 2.24) is 4.90 Å². The molecule has 0 radical (unpaired) electrons. The van der Waals surface area contributed by atoms with E-state index in [9.17, 15) is 4.57 Å². The summed E-state index contributed by atoms with van der Waals surface area (Å²) in [6, 6.07) is 0.183. The van der Waals surface area contributed by atoms with Gasteiger partial charge in [0, 0.05) is 6.04 Å². The van der Waals surface area contributed by atoms with Crippen LogP contribution in [-0.4, -0.2) is 40.4 Å². The largest absolute Gasteiger partial charge is 0.469 e. The zero-order valence-corrected chi connectivity index (χ0v) is 9.32. The van der Waals surface area contributed by atoms with Crippen LogP contribution in [0.2, 0.25) is 0 Å². The van der Waals surface area contributed by atoms with Crippen molar-refractivity contribution in [2.45, 2.75) is 32.2 Å². The summed E-state index contributed by atoms with van der Waals surface area (Å²) in [5.74, 6) is 0. The van der Waals surface area contributed by atoms with Crippen LogP contribution < -0.4 is 0 Å². The van der Waals surface area contributed by atoms with E-state index < -0.39 is 7.82 Å². The predicted octanol–water partition coefficient (Wildman–Crippen LogP) is 0.970. The van der Waals surface area contributed by atoms with E-state index in [1.54, 1.807) is 0 Å². The molecule has 0 saturated carbocycles. The normalized spacial score (nSPS) is 24.4. The van der Waals surface area contributed by atoms with Crippen molar-refractivity contribution in [2.24, 2.45) is 0 Å². The summed E-state index contributed by atoms with van der Waals surface area (Å²) >= 11 is 0. The lowest BCUT2D eigenvalue weighted by atomic mass is 10.2. The lowest BCUT2D eigenvalue weighted by Crippen LogP contribution is -2.33. The Morgan fingerprint density at radius 2 is 2.29 bits per heavy atom. The molecule has 1 heterocycles. The maximum absolute atomic E-state index is 10.5. The first kappa shape index (κ1) is 12.1. The van der Waals surface area contributed by atoms with E-state index in [2.05, 4.69) is 16.3 Å². The summed E-state index contributed by atoms with van der Waals surface area (Å²) in [5.41, 5.74) is 0. The maximum atomic E-state index is 10.5. The Bertz CT molecular complexity index is 217.